The predicted molar refractivity (Wildman–Crippen MR) is 52.1 cm³/mol. The van der Waals surface area contributed by atoms with Crippen molar-refractivity contribution in [3.63, 3.8) is 0 Å². The van der Waals surface area contributed by atoms with Crippen LogP contribution in [0.25, 0.3) is 0 Å². The number of hydrogen-bond donors (Lipinski definition) is 1. The van der Waals surface area contributed by atoms with E-state index in [0.717, 1.165) is 5.56 Å². The van der Waals surface area contributed by atoms with Gasteiger partial charge in [-0.05, 0) is 31.5 Å². The van der Waals surface area contributed by atoms with E-state index in [1.807, 2.05) is 6.92 Å². The Labute approximate surface area is 77.5 Å². The first-order valence-electron chi connectivity index (χ1n) is 4.01. The van der Waals surface area contributed by atoms with E-state index >= 15 is 0 Å². The average molecular weight is 179 g/mol. The summed E-state index contributed by atoms with van der Waals surface area (Å²) in [7, 11) is 1.54. The highest BCUT2D eigenvalue weighted by Gasteiger charge is 2.09. The highest BCUT2D eigenvalue weighted by atomic mass is 16.5. The summed E-state index contributed by atoms with van der Waals surface area (Å²) in [6.45, 7) is 3.37. The second kappa shape index (κ2) is 3.47. The molecule has 0 atom stereocenters. The van der Waals surface area contributed by atoms with E-state index in [1.165, 1.54) is 14.0 Å². The van der Waals surface area contributed by atoms with Crippen molar-refractivity contribution in [1.82, 2.24) is 0 Å². The smallest absolute Gasteiger partial charge is 0.163 e. The molecule has 0 unspecified atom stereocenters. The molecule has 0 fully saturated rings. The first-order chi connectivity index (χ1) is 6.06. The van der Waals surface area contributed by atoms with Crippen LogP contribution >= 0.6 is 0 Å². The first kappa shape index (κ1) is 9.58. The van der Waals surface area contributed by atoms with E-state index in [9.17, 15) is 4.79 Å². The molecule has 0 saturated heterocycles. The number of carbonyl (C=O) groups excluding carboxylic acids is 1. The first-order valence-corrected chi connectivity index (χ1v) is 4.01. The maximum atomic E-state index is 11.2. The van der Waals surface area contributed by atoms with Crippen molar-refractivity contribution in [2.45, 2.75) is 13.8 Å². The number of carbonyl (C=O) groups is 1. The van der Waals surface area contributed by atoms with Gasteiger partial charge in [0.25, 0.3) is 0 Å². The molecule has 1 aromatic rings. The number of benzene rings is 1. The molecule has 0 bridgehead atoms. The number of nitrogens with two attached hydrogens (primary N) is 1. The third kappa shape index (κ3) is 1.80. The van der Waals surface area contributed by atoms with Crippen LogP contribution in [0.5, 0.6) is 5.75 Å². The van der Waals surface area contributed by atoms with E-state index in [2.05, 4.69) is 0 Å². The molecular weight excluding hydrogens is 166 g/mol. The van der Waals surface area contributed by atoms with Gasteiger partial charge in [0.15, 0.2) is 5.78 Å². The lowest BCUT2D eigenvalue weighted by molar-refractivity contribution is 0.101. The zero-order valence-electron chi connectivity index (χ0n) is 8.05. The number of rotatable bonds is 2. The Hall–Kier alpha value is -1.51. The lowest BCUT2D eigenvalue weighted by atomic mass is 10.1. The minimum atomic E-state index is -0.0384. The zero-order valence-corrected chi connectivity index (χ0v) is 8.05. The summed E-state index contributed by atoms with van der Waals surface area (Å²) in [5.74, 6) is 0.544. The summed E-state index contributed by atoms with van der Waals surface area (Å²) in [5.41, 5.74) is 7.74. The Morgan fingerprint density at radius 3 is 2.54 bits per heavy atom. The lowest BCUT2D eigenvalue weighted by Crippen LogP contribution is -2.00. The van der Waals surface area contributed by atoms with Crippen LogP contribution in [0.15, 0.2) is 12.1 Å². The molecule has 0 saturated carbocycles. The molecule has 0 aliphatic heterocycles. The maximum absolute atomic E-state index is 11.2. The van der Waals surface area contributed by atoms with Crippen LogP contribution in [0, 0.1) is 6.92 Å². The van der Waals surface area contributed by atoms with Crippen LogP contribution in [0.3, 0.4) is 0 Å². The van der Waals surface area contributed by atoms with Gasteiger partial charge >= 0.3 is 0 Å². The van der Waals surface area contributed by atoms with Crippen LogP contribution in [0.4, 0.5) is 5.69 Å². The van der Waals surface area contributed by atoms with E-state index in [-0.39, 0.29) is 5.78 Å². The fraction of sp³-hybridized carbons (Fsp3) is 0.300. The van der Waals surface area contributed by atoms with Gasteiger partial charge in [-0.25, -0.2) is 0 Å². The highest BCUT2D eigenvalue weighted by molar-refractivity contribution is 5.98. The third-order valence-electron chi connectivity index (χ3n) is 1.97. The summed E-state index contributed by atoms with van der Waals surface area (Å²) in [4.78, 5) is 11.2. The van der Waals surface area contributed by atoms with E-state index in [1.54, 1.807) is 12.1 Å². The molecule has 13 heavy (non-hydrogen) atoms. The van der Waals surface area contributed by atoms with Gasteiger partial charge in [0.05, 0.1) is 12.7 Å². The Morgan fingerprint density at radius 1 is 1.46 bits per heavy atom. The van der Waals surface area contributed by atoms with Crippen LogP contribution < -0.4 is 10.5 Å². The van der Waals surface area contributed by atoms with Gasteiger partial charge in [0.2, 0.25) is 0 Å². The lowest BCUT2D eigenvalue weighted by Gasteiger charge is -2.08. The Kier molecular flexibility index (Phi) is 2.56. The van der Waals surface area contributed by atoms with Gasteiger partial charge in [-0.1, -0.05) is 0 Å². The molecule has 0 amide bonds. The van der Waals surface area contributed by atoms with Crippen molar-refractivity contribution in [2.24, 2.45) is 0 Å². The van der Waals surface area contributed by atoms with Crippen molar-refractivity contribution >= 4 is 11.5 Å². The van der Waals surface area contributed by atoms with Gasteiger partial charge in [-0.2, -0.15) is 0 Å². The van der Waals surface area contributed by atoms with E-state index in [4.69, 9.17) is 10.5 Å². The second-order valence-corrected chi connectivity index (χ2v) is 2.97. The van der Waals surface area contributed by atoms with Gasteiger partial charge in [-0.15, -0.1) is 0 Å². The van der Waals surface area contributed by atoms with E-state index in [0.29, 0.717) is 17.0 Å². The number of aryl methyl sites for hydroxylation is 1. The summed E-state index contributed by atoms with van der Waals surface area (Å²) in [5, 5.41) is 0. The molecular formula is C10H13NO2. The quantitative estimate of drug-likeness (QED) is 0.556. The SMILES string of the molecule is COc1cc(C)c(N)cc1C(C)=O. The minimum Gasteiger partial charge on any atom is -0.496 e. The number of ketones is 1. The molecule has 70 valence electrons. The predicted octanol–water partition coefficient (Wildman–Crippen LogP) is 1.79. The molecule has 3 nitrogen and oxygen atoms in total. The van der Waals surface area contributed by atoms with Crippen LogP contribution in [0.1, 0.15) is 22.8 Å². The molecule has 0 aliphatic rings. The summed E-state index contributed by atoms with van der Waals surface area (Å²) in [6, 6.07) is 3.42. The molecule has 3 heteroatoms. The normalized spacial score (nSPS) is 9.77. The van der Waals surface area contributed by atoms with Gasteiger partial charge < -0.3 is 10.5 Å². The molecule has 0 aliphatic carbocycles. The summed E-state index contributed by atoms with van der Waals surface area (Å²) in [6.07, 6.45) is 0. The van der Waals surface area contributed by atoms with E-state index < -0.39 is 0 Å². The number of anilines is 1. The number of nitrogen functional groups attached to an aromatic ring is 1. The fourth-order valence-corrected chi connectivity index (χ4v) is 1.14. The third-order valence-corrected chi connectivity index (χ3v) is 1.97. The summed E-state index contributed by atoms with van der Waals surface area (Å²) >= 11 is 0. The molecule has 2 N–H and O–H groups in total. The standard InChI is InChI=1S/C10H13NO2/c1-6-4-10(13-3)8(7(2)12)5-9(6)11/h4-5H,11H2,1-3H3. The number of hydrogen-bond acceptors (Lipinski definition) is 3. The maximum Gasteiger partial charge on any atom is 0.163 e. The highest BCUT2D eigenvalue weighted by Crippen LogP contribution is 2.24. The van der Waals surface area contributed by atoms with Crippen molar-refractivity contribution in [3.8, 4) is 5.75 Å². The van der Waals surface area contributed by atoms with Crippen LogP contribution in [-0.4, -0.2) is 12.9 Å². The Morgan fingerprint density at radius 2 is 2.08 bits per heavy atom. The Bertz CT molecular complexity index is 345. The zero-order chi connectivity index (χ0) is 10.0. The number of Topliss-reactive ketones (excluding diaryl/α,β-unsaturated/α-hetero) is 1. The van der Waals surface area contributed by atoms with Crippen molar-refractivity contribution in [3.05, 3.63) is 23.3 Å². The monoisotopic (exact) mass is 179 g/mol. The minimum absolute atomic E-state index is 0.0384. The van der Waals surface area contributed by atoms with Crippen molar-refractivity contribution < 1.29 is 9.53 Å². The summed E-state index contributed by atoms with van der Waals surface area (Å²) < 4.78 is 5.07. The second-order valence-electron chi connectivity index (χ2n) is 2.97. The van der Waals surface area contributed by atoms with Crippen molar-refractivity contribution in [1.29, 1.82) is 0 Å². The largest absolute Gasteiger partial charge is 0.496 e. The molecule has 0 aromatic heterocycles. The molecule has 1 aromatic carbocycles. The number of methoxy groups -OCH3 is 1. The van der Waals surface area contributed by atoms with Crippen LogP contribution in [0.2, 0.25) is 0 Å². The molecule has 0 spiro atoms. The topological polar surface area (TPSA) is 52.3 Å². The van der Waals surface area contributed by atoms with Gasteiger partial charge in [-0.3, -0.25) is 4.79 Å². The van der Waals surface area contributed by atoms with Crippen LogP contribution in [-0.2, 0) is 0 Å². The molecule has 1 rings (SSSR count). The Balaban J connectivity index is 3.33. The molecule has 0 radical (unpaired) electrons. The fourth-order valence-electron chi connectivity index (χ4n) is 1.14. The van der Waals surface area contributed by atoms with Crippen molar-refractivity contribution in [2.75, 3.05) is 12.8 Å². The average Bonchev–Trinajstić information content (AvgIpc) is 2.08. The van der Waals surface area contributed by atoms with Gasteiger partial charge in [0, 0.05) is 5.69 Å². The van der Waals surface area contributed by atoms with Gasteiger partial charge in [0.1, 0.15) is 5.75 Å². The molecule has 0 heterocycles. The number of ether oxygens (including phenoxy) is 1.